The Morgan fingerprint density at radius 1 is 1.32 bits per heavy atom. The molecule has 104 valence electrons. The second kappa shape index (κ2) is 5.81. The quantitative estimate of drug-likeness (QED) is 0.590. The molecule has 0 aliphatic carbocycles. The van der Waals surface area contributed by atoms with Gasteiger partial charge in [-0.2, -0.15) is 0 Å². The van der Waals surface area contributed by atoms with Gasteiger partial charge in [-0.05, 0) is 19.4 Å². The molecule has 3 atom stereocenters. The zero-order chi connectivity index (χ0) is 14.6. The van der Waals surface area contributed by atoms with Crippen LogP contribution >= 0.6 is 0 Å². The molecule has 1 aromatic rings. The number of benzene rings is 1. The molecule has 0 saturated carbocycles. The zero-order valence-electron chi connectivity index (χ0n) is 10.8. The highest BCUT2D eigenvalue weighted by Gasteiger charge is 2.34. The number of carboxylic acid groups (broad SMARTS) is 1. The van der Waals surface area contributed by atoms with Gasteiger partial charge in [0.15, 0.2) is 6.04 Å². The number of carboxylic acids is 1. The van der Waals surface area contributed by atoms with Crippen LogP contribution in [-0.4, -0.2) is 34.2 Å². The lowest BCUT2D eigenvalue weighted by Crippen LogP contribution is -2.56. The molecule has 0 radical (unpaired) electrons. The molecule has 6 nitrogen and oxygen atoms in total. The lowest BCUT2D eigenvalue weighted by atomic mass is 9.92. The summed E-state index contributed by atoms with van der Waals surface area (Å²) in [6.45, 7) is 2.77. The fourth-order valence-corrected chi connectivity index (χ4v) is 1.60. The maximum atomic E-state index is 12.1. The van der Waals surface area contributed by atoms with Crippen LogP contribution in [0.25, 0.3) is 0 Å². The Labute approximate surface area is 111 Å². The van der Waals surface area contributed by atoms with Crippen LogP contribution in [0, 0.1) is 0 Å². The molecule has 6 heteroatoms. The van der Waals surface area contributed by atoms with Gasteiger partial charge in [-0.1, -0.05) is 30.3 Å². The van der Waals surface area contributed by atoms with Crippen LogP contribution in [0.15, 0.2) is 30.3 Å². The van der Waals surface area contributed by atoms with Gasteiger partial charge in [0.2, 0.25) is 5.91 Å². The molecule has 0 aliphatic rings. The Morgan fingerprint density at radius 2 is 1.84 bits per heavy atom. The molecule has 0 spiro atoms. The van der Waals surface area contributed by atoms with Gasteiger partial charge in [-0.15, -0.1) is 0 Å². The number of aliphatic hydroxyl groups is 1. The van der Waals surface area contributed by atoms with Gasteiger partial charge in [0.1, 0.15) is 5.54 Å². The van der Waals surface area contributed by atoms with Crippen molar-refractivity contribution in [2.75, 3.05) is 0 Å². The van der Waals surface area contributed by atoms with E-state index < -0.39 is 29.6 Å². The SMILES string of the molecule is C[C@@H](O)[C@H](NC(=O)C(C)(N)c1ccccc1)C(=O)O. The highest BCUT2D eigenvalue weighted by molar-refractivity contribution is 5.90. The van der Waals surface area contributed by atoms with Crippen LogP contribution in [0.4, 0.5) is 0 Å². The molecular weight excluding hydrogens is 248 g/mol. The third-order valence-electron chi connectivity index (χ3n) is 2.88. The van der Waals surface area contributed by atoms with Crippen LogP contribution in [0.1, 0.15) is 19.4 Å². The van der Waals surface area contributed by atoms with Gasteiger partial charge in [0.25, 0.3) is 0 Å². The molecule has 1 aromatic carbocycles. The number of carbonyl (C=O) groups is 2. The number of carbonyl (C=O) groups excluding carboxylic acids is 1. The predicted octanol–water partition coefficient (Wildman–Crippen LogP) is -0.189. The third-order valence-corrected chi connectivity index (χ3v) is 2.88. The van der Waals surface area contributed by atoms with Gasteiger partial charge >= 0.3 is 5.97 Å². The summed E-state index contributed by atoms with van der Waals surface area (Å²) in [5.74, 6) is -1.97. The third kappa shape index (κ3) is 3.52. The Bertz CT molecular complexity index is 457. The average Bonchev–Trinajstić information content (AvgIpc) is 2.35. The van der Waals surface area contributed by atoms with Crippen molar-refractivity contribution in [2.24, 2.45) is 5.73 Å². The van der Waals surface area contributed by atoms with E-state index >= 15 is 0 Å². The first kappa shape index (κ1) is 15.1. The van der Waals surface area contributed by atoms with E-state index in [1.165, 1.54) is 13.8 Å². The summed E-state index contributed by atoms with van der Waals surface area (Å²) in [5.41, 5.74) is 5.13. The number of rotatable bonds is 5. The van der Waals surface area contributed by atoms with Crippen molar-refractivity contribution in [2.45, 2.75) is 31.5 Å². The molecule has 0 saturated heterocycles. The first-order valence-corrected chi connectivity index (χ1v) is 5.83. The molecule has 1 unspecified atom stereocenters. The minimum atomic E-state index is -1.39. The molecule has 5 N–H and O–H groups in total. The molecule has 0 aliphatic heterocycles. The first-order valence-electron chi connectivity index (χ1n) is 5.83. The van der Waals surface area contributed by atoms with Crippen molar-refractivity contribution in [3.05, 3.63) is 35.9 Å². The van der Waals surface area contributed by atoms with Crippen molar-refractivity contribution >= 4 is 11.9 Å². The number of amides is 1. The lowest BCUT2D eigenvalue weighted by molar-refractivity contribution is -0.145. The Hall–Kier alpha value is -1.92. The summed E-state index contributed by atoms with van der Waals surface area (Å²) < 4.78 is 0. The Morgan fingerprint density at radius 3 is 2.26 bits per heavy atom. The van der Waals surface area contributed by atoms with Crippen LogP contribution < -0.4 is 11.1 Å². The van der Waals surface area contributed by atoms with Crippen LogP contribution in [0.2, 0.25) is 0 Å². The second-order valence-corrected chi connectivity index (χ2v) is 4.60. The topological polar surface area (TPSA) is 113 Å². The highest BCUT2D eigenvalue weighted by atomic mass is 16.4. The van der Waals surface area contributed by atoms with Gasteiger partial charge in [0.05, 0.1) is 6.10 Å². The molecule has 19 heavy (non-hydrogen) atoms. The normalized spacial score (nSPS) is 17.1. The van der Waals surface area contributed by atoms with Crippen LogP contribution in [-0.2, 0) is 15.1 Å². The van der Waals surface area contributed by atoms with Crippen molar-refractivity contribution in [1.82, 2.24) is 5.32 Å². The summed E-state index contributed by atoms with van der Waals surface area (Å²) in [7, 11) is 0. The van der Waals surface area contributed by atoms with E-state index in [0.717, 1.165) is 0 Å². The fraction of sp³-hybridized carbons (Fsp3) is 0.385. The number of nitrogens with two attached hydrogens (primary N) is 1. The standard InChI is InChI=1S/C13H18N2O4/c1-8(16)10(11(17)18)15-12(19)13(2,14)9-6-4-3-5-7-9/h3-8,10,16H,14H2,1-2H3,(H,15,19)(H,17,18)/t8-,10+,13?/m1/s1. The maximum Gasteiger partial charge on any atom is 0.328 e. The zero-order valence-corrected chi connectivity index (χ0v) is 10.8. The molecule has 1 rings (SSSR count). The van der Waals surface area contributed by atoms with E-state index in [2.05, 4.69) is 5.32 Å². The minimum absolute atomic E-state index is 0.558. The number of hydrogen-bond acceptors (Lipinski definition) is 4. The summed E-state index contributed by atoms with van der Waals surface area (Å²) in [5, 5.41) is 20.5. The smallest absolute Gasteiger partial charge is 0.328 e. The predicted molar refractivity (Wildman–Crippen MR) is 69.2 cm³/mol. The molecule has 0 fully saturated rings. The molecule has 0 heterocycles. The van der Waals surface area contributed by atoms with Gasteiger partial charge in [0, 0.05) is 0 Å². The largest absolute Gasteiger partial charge is 0.480 e. The minimum Gasteiger partial charge on any atom is -0.480 e. The summed E-state index contributed by atoms with van der Waals surface area (Å²) in [6.07, 6.45) is -1.21. The second-order valence-electron chi connectivity index (χ2n) is 4.60. The fourth-order valence-electron chi connectivity index (χ4n) is 1.60. The van der Waals surface area contributed by atoms with Gasteiger partial charge < -0.3 is 21.3 Å². The van der Waals surface area contributed by atoms with Gasteiger partial charge in [-0.3, -0.25) is 4.79 Å². The summed E-state index contributed by atoms with van der Waals surface area (Å²) in [6, 6.07) is 7.22. The van der Waals surface area contributed by atoms with Crippen LogP contribution in [0.5, 0.6) is 0 Å². The summed E-state index contributed by atoms with van der Waals surface area (Å²) >= 11 is 0. The van der Waals surface area contributed by atoms with Crippen molar-refractivity contribution < 1.29 is 19.8 Å². The number of nitrogens with one attached hydrogen (secondary N) is 1. The van der Waals surface area contributed by atoms with Crippen molar-refractivity contribution in [1.29, 1.82) is 0 Å². The molecular formula is C13H18N2O4. The van der Waals surface area contributed by atoms with E-state index in [-0.39, 0.29) is 0 Å². The number of aliphatic carboxylic acids is 1. The monoisotopic (exact) mass is 266 g/mol. The average molecular weight is 266 g/mol. The van der Waals surface area contributed by atoms with E-state index in [4.69, 9.17) is 10.8 Å². The lowest BCUT2D eigenvalue weighted by Gasteiger charge is -2.27. The summed E-state index contributed by atoms with van der Waals surface area (Å²) in [4.78, 5) is 23.0. The van der Waals surface area contributed by atoms with E-state index in [1.54, 1.807) is 30.3 Å². The Balaban J connectivity index is 2.91. The molecule has 1 amide bonds. The van der Waals surface area contributed by atoms with Gasteiger partial charge in [-0.25, -0.2) is 4.79 Å². The Kier molecular flexibility index (Phi) is 4.63. The molecule has 0 bridgehead atoms. The highest BCUT2D eigenvalue weighted by Crippen LogP contribution is 2.17. The van der Waals surface area contributed by atoms with E-state index in [0.29, 0.717) is 5.56 Å². The van der Waals surface area contributed by atoms with E-state index in [9.17, 15) is 14.7 Å². The van der Waals surface area contributed by atoms with Crippen molar-refractivity contribution in [3.8, 4) is 0 Å². The number of aliphatic hydroxyl groups excluding tert-OH is 1. The first-order chi connectivity index (χ1) is 8.76. The van der Waals surface area contributed by atoms with Crippen LogP contribution in [0.3, 0.4) is 0 Å². The number of hydrogen-bond donors (Lipinski definition) is 4. The van der Waals surface area contributed by atoms with Crippen molar-refractivity contribution in [3.63, 3.8) is 0 Å². The van der Waals surface area contributed by atoms with E-state index in [1.807, 2.05) is 0 Å². The maximum absolute atomic E-state index is 12.1. The molecule has 0 aromatic heterocycles.